The molecule has 0 spiro atoms. The van der Waals surface area contributed by atoms with Gasteiger partial charge < -0.3 is 9.73 Å². The third kappa shape index (κ3) is 2.55. The van der Waals surface area contributed by atoms with Crippen molar-refractivity contribution < 1.29 is 9.21 Å². The molecule has 1 atom stereocenters. The van der Waals surface area contributed by atoms with Crippen molar-refractivity contribution in [2.45, 2.75) is 25.2 Å². The van der Waals surface area contributed by atoms with Gasteiger partial charge in [0.2, 0.25) is 0 Å². The van der Waals surface area contributed by atoms with Crippen molar-refractivity contribution >= 4 is 11.6 Å². The molecule has 28 heavy (non-hydrogen) atoms. The fourth-order valence-electron chi connectivity index (χ4n) is 4.04. The van der Waals surface area contributed by atoms with Gasteiger partial charge in [0.15, 0.2) is 5.78 Å². The summed E-state index contributed by atoms with van der Waals surface area (Å²) in [4.78, 5) is 42.1. The van der Waals surface area contributed by atoms with Gasteiger partial charge in [-0.1, -0.05) is 30.3 Å². The van der Waals surface area contributed by atoms with Crippen LogP contribution in [0.5, 0.6) is 0 Å². The number of H-pyrrole nitrogens is 2. The Kier molecular flexibility index (Phi) is 3.68. The molecule has 1 aliphatic carbocycles. The molecule has 1 aliphatic heterocycles. The average Bonchev–Trinajstić information content (AvgIpc) is 3.17. The van der Waals surface area contributed by atoms with E-state index in [1.165, 1.54) is 0 Å². The average molecular weight is 375 g/mol. The quantitative estimate of drug-likeness (QED) is 0.638. The molecular formula is C21H17N3O4. The van der Waals surface area contributed by atoms with Crippen LogP contribution in [0.25, 0.3) is 11.3 Å². The predicted octanol–water partition coefficient (Wildman–Crippen LogP) is 2.89. The van der Waals surface area contributed by atoms with Crippen LogP contribution in [0.4, 0.5) is 5.82 Å². The number of ketones is 1. The van der Waals surface area contributed by atoms with Gasteiger partial charge >= 0.3 is 5.69 Å². The van der Waals surface area contributed by atoms with Gasteiger partial charge in [0, 0.05) is 23.3 Å². The van der Waals surface area contributed by atoms with Gasteiger partial charge in [-0.3, -0.25) is 19.6 Å². The van der Waals surface area contributed by atoms with Gasteiger partial charge in [-0.25, -0.2) is 4.79 Å². The van der Waals surface area contributed by atoms with Crippen molar-refractivity contribution in [1.29, 1.82) is 0 Å². The first kappa shape index (κ1) is 16.6. The highest BCUT2D eigenvalue weighted by Gasteiger charge is 2.39. The summed E-state index contributed by atoms with van der Waals surface area (Å²) in [6, 6.07) is 13.2. The molecule has 3 aromatic rings. The van der Waals surface area contributed by atoms with Crippen LogP contribution in [-0.4, -0.2) is 15.8 Å². The first-order chi connectivity index (χ1) is 13.6. The zero-order valence-electron chi connectivity index (χ0n) is 14.9. The number of carbonyl (C=O) groups excluding carboxylic acids is 1. The number of furan rings is 1. The molecule has 0 saturated heterocycles. The summed E-state index contributed by atoms with van der Waals surface area (Å²) in [5.41, 5.74) is 1.37. The molecule has 0 saturated carbocycles. The number of aromatic amines is 2. The lowest BCUT2D eigenvalue weighted by Crippen LogP contribution is -2.35. The fraction of sp³-hybridized carbons (Fsp3) is 0.190. The van der Waals surface area contributed by atoms with Crippen molar-refractivity contribution in [3.8, 4) is 11.3 Å². The standard InChI is InChI=1S/C21H17N3O4/c25-13-8-4-7-12-16(13)17(18-19(22-12)23-21(27)24-20(18)26)15-10-9-14(28-15)11-5-2-1-3-6-11/h1-3,5-6,9-10,17H,4,7-8H2,(H3,22,23,24,26,27)/t17-/m0/s1. The maximum Gasteiger partial charge on any atom is 0.327 e. The Labute approximate surface area is 159 Å². The zero-order chi connectivity index (χ0) is 19.3. The molecule has 0 bridgehead atoms. The van der Waals surface area contributed by atoms with Crippen LogP contribution in [0.15, 0.2) is 67.7 Å². The summed E-state index contributed by atoms with van der Waals surface area (Å²) in [6.07, 6.45) is 1.84. The number of allylic oxidation sites excluding steroid dienone is 2. The third-order valence-electron chi connectivity index (χ3n) is 5.26. The highest BCUT2D eigenvalue weighted by molar-refractivity contribution is 6.00. The third-order valence-corrected chi connectivity index (χ3v) is 5.26. The summed E-state index contributed by atoms with van der Waals surface area (Å²) in [5, 5.41) is 3.09. The van der Waals surface area contributed by atoms with Crippen molar-refractivity contribution in [1.82, 2.24) is 9.97 Å². The molecule has 5 rings (SSSR count). The van der Waals surface area contributed by atoms with E-state index in [4.69, 9.17) is 4.42 Å². The van der Waals surface area contributed by atoms with Crippen molar-refractivity contribution in [2.75, 3.05) is 5.32 Å². The number of anilines is 1. The van der Waals surface area contributed by atoms with Crippen molar-refractivity contribution in [3.05, 3.63) is 85.9 Å². The van der Waals surface area contributed by atoms with Crippen LogP contribution in [0, 0.1) is 0 Å². The smallest absolute Gasteiger partial charge is 0.327 e. The van der Waals surface area contributed by atoms with E-state index in [9.17, 15) is 14.4 Å². The molecular weight excluding hydrogens is 358 g/mol. The molecule has 2 aromatic heterocycles. The summed E-state index contributed by atoms with van der Waals surface area (Å²) < 4.78 is 6.09. The van der Waals surface area contributed by atoms with E-state index in [-0.39, 0.29) is 5.78 Å². The minimum atomic E-state index is -0.655. The second-order valence-electron chi connectivity index (χ2n) is 6.99. The van der Waals surface area contributed by atoms with Gasteiger partial charge in [-0.05, 0) is 25.0 Å². The van der Waals surface area contributed by atoms with Crippen molar-refractivity contribution in [2.24, 2.45) is 0 Å². The van der Waals surface area contributed by atoms with E-state index in [1.54, 1.807) is 6.07 Å². The van der Waals surface area contributed by atoms with Gasteiger partial charge in [0.1, 0.15) is 17.3 Å². The number of nitrogens with one attached hydrogen (secondary N) is 3. The summed E-state index contributed by atoms with van der Waals surface area (Å²) in [5.74, 6) is 0.818. The van der Waals surface area contributed by atoms with Gasteiger partial charge in [0.25, 0.3) is 5.56 Å². The molecule has 7 nitrogen and oxygen atoms in total. The zero-order valence-corrected chi connectivity index (χ0v) is 14.9. The number of aromatic nitrogens is 2. The maximum absolute atomic E-state index is 12.8. The Bertz CT molecular complexity index is 1230. The van der Waals surface area contributed by atoms with E-state index in [1.807, 2.05) is 36.4 Å². The van der Waals surface area contributed by atoms with Gasteiger partial charge in [0.05, 0.1) is 11.5 Å². The molecule has 0 amide bonds. The van der Waals surface area contributed by atoms with E-state index >= 15 is 0 Å². The molecule has 3 heterocycles. The predicted molar refractivity (Wildman–Crippen MR) is 103 cm³/mol. The lowest BCUT2D eigenvalue weighted by Gasteiger charge is -2.31. The van der Waals surface area contributed by atoms with Crippen LogP contribution in [-0.2, 0) is 4.79 Å². The number of carbonyl (C=O) groups is 1. The second kappa shape index (κ2) is 6.23. The molecule has 3 N–H and O–H groups in total. The highest BCUT2D eigenvalue weighted by atomic mass is 16.3. The monoisotopic (exact) mass is 375 g/mol. The highest BCUT2D eigenvalue weighted by Crippen LogP contribution is 2.43. The van der Waals surface area contributed by atoms with Crippen LogP contribution in [0.1, 0.15) is 36.5 Å². The van der Waals surface area contributed by atoms with E-state index < -0.39 is 17.2 Å². The molecule has 140 valence electrons. The number of hydrogen-bond donors (Lipinski definition) is 3. The Morgan fingerprint density at radius 3 is 2.57 bits per heavy atom. The Morgan fingerprint density at radius 1 is 0.929 bits per heavy atom. The Morgan fingerprint density at radius 2 is 1.75 bits per heavy atom. The minimum Gasteiger partial charge on any atom is -0.460 e. The Hall–Kier alpha value is -3.61. The summed E-state index contributed by atoms with van der Waals surface area (Å²) in [6.45, 7) is 0. The molecule has 0 radical (unpaired) electrons. The number of fused-ring (bicyclic) bond motifs is 1. The summed E-state index contributed by atoms with van der Waals surface area (Å²) >= 11 is 0. The van der Waals surface area contributed by atoms with Crippen LogP contribution >= 0.6 is 0 Å². The van der Waals surface area contributed by atoms with Crippen molar-refractivity contribution in [3.63, 3.8) is 0 Å². The lowest BCUT2D eigenvalue weighted by molar-refractivity contribution is -0.116. The van der Waals surface area contributed by atoms with E-state index in [0.717, 1.165) is 17.7 Å². The van der Waals surface area contributed by atoms with E-state index in [2.05, 4.69) is 15.3 Å². The topological polar surface area (TPSA) is 108 Å². The van der Waals surface area contributed by atoms with Crippen LogP contribution < -0.4 is 16.6 Å². The number of hydrogen-bond acceptors (Lipinski definition) is 5. The van der Waals surface area contributed by atoms with Gasteiger partial charge in [-0.15, -0.1) is 0 Å². The molecule has 2 aliphatic rings. The molecule has 0 unspecified atom stereocenters. The molecule has 7 heteroatoms. The van der Waals surface area contributed by atoms with Gasteiger partial charge in [-0.2, -0.15) is 0 Å². The van der Waals surface area contributed by atoms with E-state index in [0.29, 0.717) is 41.3 Å². The largest absolute Gasteiger partial charge is 0.460 e. The second-order valence-corrected chi connectivity index (χ2v) is 6.99. The SMILES string of the molecule is O=C1CCCC2=C1[C@H](c1ccc(-c3ccccc3)o1)c1c([nH]c(=O)[nH]c1=O)N2. The number of benzene rings is 1. The fourth-order valence-corrected chi connectivity index (χ4v) is 4.04. The molecule has 0 fully saturated rings. The lowest BCUT2D eigenvalue weighted by atomic mass is 9.79. The maximum atomic E-state index is 12.8. The van der Waals surface area contributed by atoms with Crippen LogP contribution in [0.2, 0.25) is 0 Å². The molecule has 1 aromatic carbocycles. The first-order valence-electron chi connectivity index (χ1n) is 9.17. The van der Waals surface area contributed by atoms with Crippen LogP contribution in [0.3, 0.4) is 0 Å². The number of rotatable bonds is 2. The minimum absolute atomic E-state index is 0.00680. The normalized spacial score (nSPS) is 18.4. The first-order valence-corrected chi connectivity index (χ1v) is 9.17. The Balaban J connectivity index is 1.72. The summed E-state index contributed by atoms with van der Waals surface area (Å²) in [7, 11) is 0. The number of Topliss-reactive ketones (excluding diaryl/α,β-unsaturated/α-hetero) is 1.